The van der Waals surface area contributed by atoms with Crippen LogP contribution in [0.4, 0.5) is 11.4 Å². The minimum Gasteiger partial charge on any atom is -0.495 e. The number of nitriles is 1. The number of hydrogen-bond acceptors (Lipinski definition) is 4. The predicted molar refractivity (Wildman–Crippen MR) is 90.8 cm³/mol. The molecule has 2 N–H and O–H groups in total. The number of benzene rings is 2. The molecule has 0 saturated heterocycles. The number of halogens is 1. The molecule has 2 aromatic carbocycles. The zero-order valence-electron chi connectivity index (χ0n) is 12.8. The van der Waals surface area contributed by atoms with Crippen LogP contribution in [0.3, 0.4) is 0 Å². The summed E-state index contributed by atoms with van der Waals surface area (Å²) in [7, 11) is 1.55. The highest BCUT2D eigenvalue weighted by Crippen LogP contribution is 2.26. The fourth-order valence-electron chi connectivity index (χ4n) is 2.07. The Bertz CT molecular complexity index is 769. The molecule has 6 heteroatoms. The maximum Gasteiger partial charge on any atom is 0.221 e. The third kappa shape index (κ3) is 4.38. The van der Waals surface area contributed by atoms with Gasteiger partial charge in [-0.05, 0) is 35.9 Å². The summed E-state index contributed by atoms with van der Waals surface area (Å²) in [5, 5.41) is 15.2. The van der Waals surface area contributed by atoms with Crippen LogP contribution in [0, 0.1) is 11.3 Å². The molecule has 0 heterocycles. The van der Waals surface area contributed by atoms with Crippen LogP contribution in [0.15, 0.2) is 36.4 Å². The van der Waals surface area contributed by atoms with Gasteiger partial charge in [0.1, 0.15) is 11.8 Å². The van der Waals surface area contributed by atoms with Crippen LogP contribution in [0.1, 0.15) is 18.1 Å². The van der Waals surface area contributed by atoms with Crippen molar-refractivity contribution in [2.45, 2.75) is 13.5 Å². The summed E-state index contributed by atoms with van der Waals surface area (Å²) in [5.41, 5.74) is 2.84. The fourth-order valence-corrected chi connectivity index (χ4v) is 2.30. The van der Waals surface area contributed by atoms with Gasteiger partial charge in [-0.25, -0.2) is 0 Å². The molecule has 0 aliphatic carbocycles. The number of ether oxygens (including phenoxy) is 1. The van der Waals surface area contributed by atoms with Crippen molar-refractivity contribution in [1.82, 2.24) is 0 Å². The van der Waals surface area contributed by atoms with E-state index < -0.39 is 0 Å². The van der Waals surface area contributed by atoms with E-state index in [1.54, 1.807) is 31.4 Å². The first kappa shape index (κ1) is 16.7. The molecule has 0 saturated carbocycles. The number of methoxy groups -OCH3 is 1. The van der Waals surface area contributed by atoms with Gasteiger partial charge in [0.25, 0.3) is 0 Å². The Kier molecular flexibility index (Phi) is 5.45. The molecule has 0 fully saturated rings. The Hall–Kier alpha value is -2.71. The van der Waals surface area contributed by atoms with Crippen LogP contribution in [0.5, 0.6) is 5.75 Å². The number of nitrogens with zero attached hydrogens (tertiary/aromatic N) is 1. The molecule has 1 amide bonds. The van der Waals surface area contributed by atoms with E-state index in [1.807, 2.05) is 18.2 Å². The first-order valence-corrected chi connectivity index (χ1v) is 7.29. The first-order chi connectivity index (χ1) is 11.0. The fraction of sp³-hybridized carbons (Fsp3) is 0.176. The summed E-state index contributed by atoms with van der Waals surface area (Å²) in [6, 6.07) is 12.7. The van der Waals surface area contributed by atoms with Crippen LogP contribution < -0.4 is 15.4 Å². The summed E-state index contributed by atoms with van der Waals surface area (Å²) in [4.78, 5) is 11.2. The van der Waals surface area contributed by atoms with Crippen LogP contribution in [-0.4, -0.2) is 13.0 Å². The second-order valence-electron chi connectivity index (χ2n) is 4.88. The molecule has 23 heavy (non-hydrogen) atoms. The van der Waals surface area contributed by atoms with Crippen molar-refractivity contribution in [2.24, 2.45) is 0 Å². The Labute approximate surface area is 139 Å². The number of carbonyl (C=O) groups is 1. The molecular formula is C17H16ClN3O2. The number of rotatable bonds is 5. The minimum atomic E-state index is -0.160. The average Bonchev–Trinajstić information content (AvgIpc) is 2.52. The van der Waals surface area contributed by atoms with Crippen LogP contribution in [0.2, 0.25) is 5.02 Å². The molecule has 118 valence electrons. The van der Waals surface area contributed by atoms with Crippen molar-refractivity contribution in [1.29, 1.82) is 5.26 Å². The van der Waals surface area contributed by atoms with Crippen molar-refractivity contribution in [2.75, 3.05) is 17.7 Å². The number of amides is 1. The molecule has 0 bridgehead atoms. The van der Waals surface area contributed by atoms with Gasteiger partial charge in [-0.2, -0.15) is 5.26 Å². The lowest BCUT2D eigenvalue weighted by Gasteiger charge is -2.12. The summed E-state index contributed by atoms with van der Waals surface area (Å²) in [5.74, 6) is 0.442. The van der Waals surface area contributed by atoms with Crippen LogP contribution >= 0.6 is 11.6 Å². The molecule has 0 aliphatic rings. The lowest BCUT2D eigenvalue weighted by atomic mass is 10.1. The van der Waals surface area contributed by atoms with Crippen LogP contribution in [0.25, 0.3) is 0 Å². The van der Waals surface area contributed by atoms with E-state index in [0.29, 0.717) is 28.6 Å². The zero-order valence-corrected chi connectivity index (χ0v) is 13.6. The van der Waals surface area contributed by atoms with E-state index >= 15 is 0 Å². The third-order valence-corrected chi connectivity index (χ3v) is 3.47. The summed E-state index contributed by atoms with van der Waals surface area (Å²) in [6.07, 6.45) is 0. The van der Waals surface area contributed by atoms with Crippen LogP contribution in [-0.2, 0) is 11.3 Å². The van der Waals surface area contributed by atoms with Gasteiger partial charge in [0.15, 0.2) is 0 Å². The number of anilines is 2. The predicted octanol–water partition coefficient (Wildman–Crippen LogP) is 3.79. The quantitative estimate of drug-likeness (QED) is 0.875. The van der Waals surface area contributed by atoms with Crippen molar-refractivity contribution in [3.05, 3.63) is 52.5 Å². The van der Waals surface area contributed by atoms with E-state index in [0.717, 1.165) is 11.3 Å². The monoisotopic (exact) mass is 329 g/mol. The Morgan fingerprint density at radius 1 is 1.30 bits per heavy atom. The number of nitrogens with one attached hydrogen (secondary N) is 2. The number of hydrogen-bond donors (Lipinski definition) is 2. The Balaban J connectivity index is 2.13. The smallest absolute Gasteiger partial charge is 0.221 e. The highest BCUT2D eigenvalue weighted by atomic mass is 35.5. The maximum atomic E-state index is 11.2. The highest BCUT2D eigenvalue weighted by molar-refractivity contribution is 6.32. The van der Waals surface area contributed by atoms with E-state index in [1.165, 1.54) is 6.92 Å². The van der Waals surface area contributed by atoms with E-state index in [9.17, 15) is 4.79 Å². The van der Waals surface area contributed by atoms with Gasteiger partial charge in [0, 0.05) is 19.2 Å². The van der Waals surface area contributed by atoms with Crippen molar-refractivity contribution in [3.63, 3.8) is 0 Å². The molecule has 0 aliphatic heterocycles. The van der Waals surface area contributed by atoms with Crippen molar-refractivity contribution < 1.29 is 9.53 Å². The van der Waals surface area contributed by atoms with E-state index in [2.05, 4.69) is 10.6 Å². The second-order valence-corrected chi connectivity index (χ2v) is 5.28. The lowest BCUT2D eigenvalue weighted by Crippen LogP contribution is -2.08. The summed E-state index contributed by atoms with van der Waals surface area (Å²) in [6.45, 7) is 1.99. The van der Waals surface area contributed by atoms with Crippen molar-refractivity contribution in [3.8, 4) is 11.8 Å². The highest BCUT2D eigenvalue weighted by Gasteiger charge is 2.06. The third-order valence-electron chi connectivity index (χ3n) is 3.16. The normalized spacial score (nSPS) is 9.83. The summed E-state index contributed by atoms with van der Waals surface area (Å²) >= 11 is 6.01. The SMILES string of the molecule is COc1ccc(CNc2ccc(C#N)c(Cl)c2)cc1NC(C)=O. The van der Waals surface area contributed by atoms with Gasteiger partial charge >= 0.3 is 0 Å². The standard InChI is InChI=1S/C17H16ClN3O2/c1-11(22)21-16-7-12(3-6-17(16)23-2)10-20-14-5-4-13(9-19)15(18)8-14/h3-8,20H,10H2,1-2H3,(H,21,22). The second kappa shape index (κ2) is 7.52. The molecule has 0 aromatic heterocycles. The van der Waals surface area contributed by atoms with E-state index in [4.69, 9.17) is 21.6 Å². The molecule has 0 radical (unpaired) electrons. The molecule has 0 unspecified atom stereocenters. The zero-order chi connectivity index (χ0) is 16.8. The minimum absolute atomic E-state index is 0.160. The average molecular weight is 330 g/mol. The molecular weight excluding hydrogens is 314 g/mol. The molecule has 5 nitrogen and oxygen atoms in total. The van der Waals surface area contributed by atoms with Gasteiger partial charge in [-0.15, -0.1) is 0 Å². The van der Waals surface area contributed by atoms with E-state index in [-0.39, 0.29) is 5.91 Å². The Morgan fingerprint density at radius 3 is 2.70 bits per heavy atom. The maximum absolute atomic E-state index is 11.2. The topological polar surface area (TPSA) is 74.2 Å². The molecule has 2 aromatic rings. The van der Waals surface area contributed by atoms with Gasteiger partial charge in [-0.3, -0.25) is 4.79 Å². The largest absolute Gasteiger partial charge is 0.495 e. The molecule has 0 spiro atoms. The number of carbonyl (C=O) groups excluding carboxylic acids is 1. The molecule has 2 rings (SSSR count). The summed E-state index contributed by atoms with van der Waals surface area (Å²) < 4.78 is 5.22. The molecule has 0 atom stereocenters. The van der Waals surface area contributed by atoms with Gasteiger partial charge in [0.2, 0.25) is 5.91 Å². The van der Waals surface area contributed by atoms with Gasteiger partial charge < -0.3 is 15.4 Å². The first-order valence-electron chi connectivity index (χ1n) is 6.91. The van der Waals surface area contributed by atoms with Crippen molar-refractivity contribution >= 4 is 28.9 Å². The van der Waals surface area contributed by atoms with Gasteiger partial charge in [0.05, 0.1) is 23.4 Å². The van der Waals surface area contributed by atoms with Gasteiger partial charge in [-0.1, -0.05) is 17.7 Å². The lowest BCUT2D eigenvalue weighted by molar-refractivity contribution is -0.114. The Morgan fingerprint density at radius 2 is 2.09 bits per heavy atom.